The first kappa shape index (κ1) is 23.0. The molecule has 0 aliphatic rings. The molecule has 31 heavy (non-hydrogen) atoms. The number of benzene rings is 3. The SMILES string of the molecule is CCCC/C=C/CCC[N+](Cc1ccccc1)(Cc1ccccc1)Cc1ccccc1. The molecule has 3 aromatic rings. The Labute approximate surface area is 189 Å². The maximum absolute atomic E-state index is 2.40. The number of hydrogen-bond donors (Lipinski definition) is 0. The van der Waals surface area contributed by atoms with Crippen molar-refractivity contribution >= 4 is 0 Å². The van der Waals surface area contributed by atoms with Gasteiger partial charge in [-0.25, -0.2) is 0 Å². The molecule has 0 N–H and O–H groups in total. The summed E-state index contributed by atoms with van der Waals surface area (Å²) < 4.78 is 1.06. The van der Waals surface area contributed by atoms with Crippen LogP contribution in [0.3, 0.4) is 0 Å². The molecular formula is C30H38N+. The second kappa shape index (κ2) is 12.9. The van der Waals surface area contributed by atoms with Gasteiger partial charge in [0.1, 0.15) is 19.6 Å². The van der Waals surface area contributed by atoms with Crippen LogP contribution >= 0.6 is 0 Å². The second-order valence-electron chi connectivity index (χ2n) is 8.75. The van der Waals surface area contributed by atoms with Gasteiger partial charge in [-0.1, -0.05) is 123 Å². The van der Waals surface area contributed by atoms with Crippen molar-refractivity contribution in [3.05, 3.63) is 120 Å². The Morgan fingerprint density at radius 3 is 1.32 bits per heavy atom. The fraction of sp³-hybridized carbons (Fsp3) is 0.333. The third kappa shape index (κ3) is 8.19. The van der Waals surface area contributed by atoms with Crippen LogP contribution in [0.15, 0.2) is 103 Å². The summed E-state index contributed by atoms with van der Waals surface area (Å²) in [6.07, 6.45) is 11.0. The van der Waals surface area contributed by atoms with E-state index in [-0.39, 0.29) is 0 Å². The first-order chi connectivity index (χ1) is 15.3. The third-order valence-corrected chi connectivity index (χ3v) is 5.98. The van der Waals surface area contributed by atoms with Gasteiger partial charge in [0.2, 0.25) is 0 Å². The number of quaternary nitrogens is 1. The highest BCUT2D eigenvalue weighted by Gasteiger charge is 2.28. The van der Waals surface area contributed by atoms with E-state index in [4.69, 9.17) is 0 Å². The molecule has 0 aliphatic heterocycles. The van der Waals surface area contributed by atoms with Gasteiger partial charge in [0.05, 0.1) is 6.54 Å². The average molecular weight is 413 g/mol. The van der Waals surface area contributed by atoms with Crippen molar-refractivity contribution in [2.24, 2.45) is 0 Å². The lowest BCUT2D eigenvalue weighted by atomic mass is 10.1. The topological polar surface area (TPSA) is 0 Å². The van der Waals surface area contributed by atoms with Gasteiger partial charge in [0.25, 0.3) is 0 Å². The molecule has 0 saturated carbocycles. The molecule has 0 spiro atoms. The Morgan fingerprint density at radius 1 is 0.548 bits per heavy atom. The summed E-state index contributed by atoms with van der Waals surface area (Å²) in [5, 5.41) is 0. The van der Waals surface area contributed by atoms with Gasteiger partial charge in [-0.2, -0.15) is 0 Å². The van der Waals surface area contributed by atoms with Crippen molar-refractivity contribution in [2.45, 2.75) is 58.7 Å². The number of nitrogens with zero attached hydrogens (tertiary/aromatic N) is 1. The molecular weight excluding hydrogens is 374 g/mol. The lowest BCUT2D eigenvalue weighted by molar-refractivity contribution is -0.966. The van der Waals surface area contributed by atoms with Crippen LogP contribution in [0, 0.1) is 0 Å². The lowest BCUT2D eigenvalue weighted by Crippen LogP contribution is -2.46. The number of unbranched alkanes of at least 4 members (excludes halogenated alkanes) is 3. The zero-order chi connectivity index (χ0) is 21.6. The Balaban J connectivity index is 1.82. The van der Waals surface area contributed by atoms with Gasteiger partial charge >= 0.3 is 0 Å². The summed E-state index contributed by atoms with van der Waals surface area (Å²) in [4.78, 5) is 0. The van der Waals surface area contributed by atoms with E-state index in [1.165, 1.54) is 55.3 Å². The summed E-state index contributed by atoms with van der Waals surface area (Å²) in [5.41, 5.74) is 4.27. The minimum absolute atomic E-state index is 1.06. The molecule has 0 aromatic heterocycles. The van der Waals surface area contributed by atoms with Crippen LogP contribution in [-0.4, -0.2) is 11.0 Å². The van der Waals surface area contributed by atoms with Crippen molar-refractivity contribution in [2.75, 3.05) is 6.54 Å². The number of allylic oxidation sites excluding steroid dienone is 2. The number of hydrogen-bond acceptors (Lipinski definition) is 0. The predicted molar refractivity (Wildman–Crippen MR) is 133 cm³/mol. The monoisotopic (exact) mass is 412 g/mol. The first-order valence-electron chi connectivity index (χ1n) is 11.9. The Morgan fingerprint density at radius 2 is 0.935 bits per heavy atom. The smallest absolute Gasteiger partial charge is 0.105 e. The standard InChI is InChI=1S/C30H38N/c1-2-3-4-5-6-7-17-24-31(25-28-18-11-8-12-19-28,26-29-20-13-9-14-21-29)27-30-22-15-10-16-23-30/h5-6,8-16,18-23H,2-4,7,17,24-27H2,1H3/q+1/b6-5+. The maximum atomic E-state index is 2.40. The molecule has 0 heterocycles. The van der Waals surface area contributed by atoms with Gasteiger partial charge in [0, 0.05) is 23.1 Å². The molecule has 0 bridgehead atoms. The minimum atomic E-state index is 1.06. The van der Waals surface area contributed by atoms with E-state index < -0.39 is 0 Å². The van der Waals surface area contributed by atoms with E-state index in [1.54, 1.807) is 0 Å². The van der Waals surface area contributed by atoms with E-state index in [2.05, 4.69) is 110 Å². The van der Waals surface area contributed by atoms with E-state index in [0.717, 1.165) is 24.1 Å². The van der Waals surface area contributed by atoms with E-state index in [9.17, 15) is 0 Å². The van der Waals surface area contributed by atoms with Gasteiger partial charge in [-0.3, -0.25) is 0 Å². The molecule has 1 heteroatoms. The zero-order valence-electron chi connectivity index (χ0n) is 19.1. The van der Waals surface area contributed by atoms with Crippen molar-refractivity contribution in [1.29, 1.82) is 0 Å². The maximum Gasteiger partial charge on any atom is 0.105 e. The van der Waals surface area contributed by atoms with Crippen molar-refractivity contribution in [3.8, 4) is 0 Å². The molecule has 1 nitrogen and oxygen atoms in total. The largest absolute Gasteiger partial charge is 0.312 e. The van der Waals surface area contributed by atoms with E-state index >= 15 is 0 Å². The van der Waals surface area contributed by atoms with Gasteiger partial charge in [-0.05, 0) is 12.8 Å². The fourth-order valence-electron chi connectivity index (χ4n) is 4.42. The predicted octanol–water partition coefficient (Wildman–Crippen LogP) is 7.93. The summed E-state index contributed by atoms with van der Waals surface area (Å²) in [6.45, 7) is 6.62. The van der Waals surface area contributed by atoms with Crippen molar-refractivity contribution in [3.63, 3.8) is 0 Å². The number of rotatable bonds is 13. The molecule has 0 aliphatic carbocycles. The Hall–Kier alpha value is -2.64. The molecule has 3 aromatic carbocycles. The minimum Gasteiger partial charge on any atom is -0.312 e. The highest BCUT2D eigenvalue weighted by atomic mass is 15.3. The summed E-state index contributed by atoms with van der Waals surface area (Å²) in [7, 11) is 0. The summed E-state index contributed by atoms with van der Waals surface area (Å²) in [6, 6.07) is 33.1. The van der Waals surface area contributed by atoms with Gasteiger partial charge in [-0.15, -0.1) is 0 Å². The molecule has 0 unspecified atom stereocenters. The molecule has 0 saturated heterocycles. The van der Waals surface area contributed by atoms with Crippen molar-refractivity contribution < 1.29 is 4.48 Å². The molecule has 162 valence electrons. The zero-order valence-corrected chi connectivity index (χ0v) is 19.1. The first-order valence-corrected chi connectivity index (χ1v) is 11.9. The molecule has 0 fully saturated rings. The van der Waals surface area contributed by atoms with Crippen LogP contribution in [0.2, 0.25) is 0 Å². The van der Waals surface area contributed by atoms with E-state index in [1.807, 2.05) is 0 Å². The van der Waals surface area contributed by atoms with Gasteiger partial charge in [0.15, 0.2) is 0 Å². The molecule has 0 amide bonds. The van der Waals surface area contributed by atoms with Crippen LogP contribution in [0.5, 0.6) is 0 Å². The third-order valence-electron chi connectivity index (χ3n) is 5.98. The lowest BCUT2D eigenvalue weighted by Gasteiger charge is -2.39. The highest BCUT2D eigenvalue weighted by molar-refractivity contribution is 5.17. The molecule has 3 rings (SSSR count). The average Bonchev–Trinajstić information content (AvgIpc) is 2.80. The molecule has 0 atom stereocenters. The van der Waals surface area contributed by atoms with E-state index in [0.29, 0.717) is 0 Å². The fourth-order valence-corrected chi connectivity index (χ4v) is 4.42. The van der Waals surface area contributed by atoms with Crippen LogP contribution in [0.4, 0.5) is 0 Å². The Bertz CT molecular complexity index is 767. The summed E-state index contributed by atoms with van der Waals surface area (Å²) >= 11 is 0. The Kier molecular flexibility index (Phi) is 9.60. The quantitative estimate of drug-likeness (QED) is 0.152. The molecule has 0 radical (unpaired) electrons. The van der Waals surface area contributed by atoms with Gasteiger partial charge < -0.3 is 4.48 Å². The van der Waals surface area contributed by atoms with Crippen LogP contribution in [0.1, 0.15) is 55.7 Å². The second-order valence-corrected chi connectivity index (χ2v) is 8.75. The highest BCUT2D eigenvalue weighted by Crippen LogP contribution is 2.25. The van der Waals surface area contributed by atoms with Crippen LogP contribution in [-0.2, 0) is 19.6 Å². The van der Waals surface area contributed by atoms with Crippen LogP contribution in [0.25, 0.3) is 0 Å². The normalized spacial score (nSPS) is 11.8. The van der Waals surface area contributed by atoms with Crippen LogP contribution < -0.4 is 0 Å². The summed E-state index contributed by atoms with van der Waals surface area (Å²) in [5.74, 6) is 0. The van der Waals surface area contributed by atoms with Crippen molar-refractivity contribution in [1.82, 2.24) is 0 Å².